The van der Waals surface area contributed by atoms with E-state index in [1.165, 1.54) is 19.4 Å². The Balaban J connectivity index is 1.05. The lowest BCUT2D eigenvalue weighted by atomic mass is 9.94. The lowest BCUT2D eigenvalue weighted by Gasteiger charge is -2.39. The molecule has 6 heterocycles. The van der Waals surface area contributed by atoms with Gasteiger partial charge in [-0.25, -0.2) is 4.98 Å². The summed E-state index contributed by atoms with van der Waals surface area (Å²) in [6, 6.07) is 11.2. The Hall–Kier alpha value is -3.79. The van der Waals surface area contributed by atoms with Crippen LogP contribution >= 0.6 is 0 Å². The number of nitrogens with zero attached hydrogens (tertiary/aromatic N) is 8. The van der Waals surface area contributed by atoms with Gasteiger partial charge < -0.3 is 23.8 Å². The first kappa shape index (κ1) is 30.8. The highest BCUT2D eigenvalue weighted by Crippen LogP contribution is 2.38. The second-order valence-corrected chi connectivity index (χ2v) is 13.8. The van der Waals surface area contributed by atoms with Crippen LogP contribution in [0.2, 0.25) is 0 Å². The summed E-state index contributed by atoms with van der Waals surface area (Å²) in [5.74, 6) is 3.81. The summed E-state index contributed by atoms with van der Waals surface area (Å²) in [5, 5.41) is 13.1. The summed E-state index contributed by atoms with van der Waals surface area (Å²) in [6.45, 7) is 11.6. The van der Waals surface area contributed by atoms with Crippen molar-refractivity contribution in [2.75, 3.05) is 44.7 Å². The number of aromatic nitrogens is 5. The van der Waals surface area contributed by atoms with Crippen LogP contribution in [0.15, 0.2) is 34.9 Å². The second-order valence-electron chi connectivity index (χ2n) is 13.8. The van der Waals surface area contributed by atoms with Crippen molar-refractivity contribution in [1.29, 1.82) is 0 Å². The molecule has 10 nitrogen and oxygen atoms in total. The third-order valence-electron chi connectivity index (χ3n) is 10.7. The fourth-order valence-electron chi connectivity index (χ4n) is 8.06. The van der Waals surface area contributed by atoms with E-state index >= 15 is 0 Å². The molecule has 0 bridgehead atoms. The Labute approximate surface area is 272 Å². The van der Waals surface area contributed by atoms with Gasteiger partial charge in [0.1, 0.15) is 11.6 Å². The number of carbonyl (C=O) groups excluding carboxylic acids is 1. The second kappa shape index (κ2) is 13.1. The zero-order chi connectivity index (χ0) is 31.8. The number of fused-ring (bicyclic) bond motifs is 1. The maximum atomic E-state index is 12.8. The third kappa shape index (κ3) is 6.04. The summed E-state index contributed by atoms with van der Waals surface area (Å²) in [5.41, 5.74) is 6.24. The van der Waals surface area contributed by atoms with Gasteiger partial charge in [0, 0.05) is 57.8 Å². The molecule has 1 atom stereocenters. The van der Waals surface area contributed by atoms with Crippen molar-refractivity contribution >= 4 is 22.8 Å². The van der Waals surface area contributed by atoms with Crippen molar-refractivity contribution in [2.24, 2.45) is 5.92 Å². The standard InChI is InChI=1S/C36H48N8O2/c1-5-7-28-11-13-33(39-38-28)43-20-14-26(15-21-43)23-42-18-16-29(17-19-42)44-31-12-10-27(35-24(2)40-46-25(35)3)22-30(31)37-36(44)32-8-6-9-34(45)41(32)4/h10-13,22,26,29,32H,5-9,14-21,23H2,1-4H3. The number of rotatable bonds is 8. The van der Waals surface area contributed by atoms with Crippen molar-refractivity contribution in [3.05, 3.63) is 53.3 Å². The van der Waals surface area contributed by atoms with Crippen molar-refractivity contribution in [3.8, 4) is 11.1 Å². The third-order valence-corrected chi connectivity index (χ3v) is 10.7. The SMILES string of the molecule is CCCc1ccc(N2CCC(CN3CCC(n4c(C5CCCC(=O)N5C)nc5cc(-c6c(C)noc6C)ccc54)CC3)CC2)nn1. The van der Waals surface area contributed by atoms with Crippen LogP contribution in [0, 0.1) is 19.8 Å². The molecule has 3 aliphatic rings. The van der Waals surface area contributed by atoms with Crippen LogP contribution < -0.4 is 4.90 Å². The number of imidazole rings is 1. The Morgan fingerprint density at radius 1 is 0.957 bits per heavy atom. The molecular weight excluding hydrogens is 576 g/mol. The molecule has 3 fully saturated rings. The van der Waals surface area contributed by atoms with Gasteiger partial charge in [0.15, 0.2) is 5.82 Å². The van der Waals surface area contributed by atoms with Crippen molar-refractivity contribution in [3.63, 3.8) is 0 Å². The number of hydrogen-bond donors (Lipinski definition) is 0. The van der Waals surface area contributed by atoms with Crippen LogP contribution in [0.1, 0.15) is 93.3 Å². The Morgan fingerprint density at radius 3 is 2.46 bits per heavy atom. The monoisotopic (exact) mass is 624 g/mol. The minimum atomic E-state index is 0.00640. The van der Waals surface area contributed by atoms with Gasteiger partial charge in [-0.1, -0.05) is 24.6 Å². The number of anilines is 1. The van der Waals surface area contributed by atoms with E-state index in [0.717, 1.165) is 122 Å². The highest BCUT2D eigenvalue weighted by molar-refractivity contribution is 5.84. The van der Waals surface area contributed by atoms with Crippen LogP contribution in [0.4, 0.5) is 5.82 Å². The van der Waals surface area contributed by atoms with Gasteiger partial charge in [-0.3, -0.25) is 4.79 Å². The van der Waals surface area contributed by atoms with Crippen molar-refractivity contribution in [1.82, 2.24) is 34.7 Å². The molecule has 4 aromatic rings. The summed E-state index contributed by atoms with van der Waals surface area (Å²) < 4.78 is 7.97. The highest BCUT2D eigenvalue weighted by atomic mass is 16.5. The largest absolute Gasteiger partial charge is 0.361 e. The first-order chi connectivity index (χ1) is 22.4. The van der Waals surface area contributed by atoms with Gasteiger partial charge in [0.25, 0.3) is 0 Å². The van der Waals surface area contributed by atoms with Gasteiger partial charge in [0.2, 0.25) is 5.91 Å². The number of benzene rings is 1. The molecule has 3 aliphatic heterocycles. The number of piperidine rings is 3. The fraction of sp³-hybridized carbons (Fsp3) is 0.583. The van der Waals surface area contributed by atoms with E-state index in [2.05, 4.69) is 67.0 Å². The molecule has 10 heteroatoms. The van der Waals surface area contributed by atoms with Crippen LogP contribution in [0.25, 0.3) is 22.2 Å². The smallest absolute Gasteiger partial charge is 0.222 e. The summed E-state index contributed by atoms with van der Waals surface area (Å²) in [4.78, 5) is 25.1. The molecule has 1 aromatic carbocycles. The average Bonchev–Trinajstić information content (AvgIpc) is 3.62. The number of likely N-dealkylation sites (tertiary alicyclic amines) is 2. The Kier molecular flexibility index (Phi) is 8.81. The maximum Gasteiger partial charge on any atom is 0.222 e. The molecule has 1 unspecified atom stereocenters. The van der Waals surface area contributed by atoms with Gasteiger partial charge in [-0.2, -0.15) is 5.10 Å². The molecule has 0 radical (unpaired) electrons. The fourth-order valence-corrected chi connectivity index (χ4v) is 8.06. The molecule has 7 rings (SSSR count). The van der Waals surface area contributed by atoms with E-state index in [1.54, 1.807) is 0 Å². The van der Waals surface area contributed by atoms with E-state index in [9.17, 15) is 4.79 Å². The average molecular weight is 625 g/mol. The number of aryl methyl sites for hydroxylation is 3. The van der Waals surface area contributed by atoms with Gasteiger partial charge >= 0.3 is 0 Å². The van der Waals surface area contributed by atoms with Crippen LogP contribution in [0.3, 0.4) is 0 Å². The first-order valence-electron chi connectivity index (χ1n) is 17.4. The minimum Gasteiger partial charge on any atom is -0.361 e. The predicted molar refractivity (Wildman–Crippen MR) is 180 cm³/mol. The lowest BCUT2D eigenvalue weighted by Crippen LogP contribution is -2.42. The minimum absolute atomic E-state index is 0.00640. The molecule has 46 heavy (non-hydrogen) atoms. The molecule has 0 aliphatic carbocycles. The molecule has 244 valence electrons. The summed E-state index contributed by atoms with van der Waals surface area (Å²) in [7, 11) is 1.95. The Bertz CT molecular complexity index is 1640. The maximum absolute atomic E-state index is 12.8. The number of amides is 1. The molecule has 0 N–H and O–H groups in total. The number of carbonyl (C=O) groups is 1. The van der Waals surface area contributed by atoms with E-state index in [-0.39, 0.29) is 11.9 Å². The lowest BCUT2D eigenvalue weighted by molar-refractivity contribution is -0.135. The Morgan fingerprint density at radius 2 is 1.76 bits per heavy atom. The highest BCUT2D eigenvalue weighted by Gasteiger charge is 2.34. The van der Waals surface area contributed by atoms with Gasteiger partial charge in [0.05, 0.1) is 28.5 Å². The number of hydrogen-bond acceptors (Lipinski definition) is 8. The van der Waals surface area contributed by atoms with Gasteiger partial charge in [-0.05, 0) is 94.5 Å². The molecule has 0 spiro atoms. The quantitative estimate of drug-likeness (QED) is 0.226. The van der Waals surface area contributed by atoms with E-state index in [0.29, 0.717) is 12.5 Å². The molecule has 3 saturated heterocycles. The van der Waals surface area contributed by atoms with E-state index in [1.807, 2.05) is 25.8 Å². The van der Waals surface area contributed by atoms with E-state index in [4.69, 9.17) is 9.51 Å². The topological polar surface area (TPSA) is 96.4 Å². The van der Waals surface area contributed by atoms with Crippen molar-refractivity contribution < 1.29 is 9.32 Å². The van der Waals surface area contributed by atoms with E-state index < -0.39 is 0 Å². The molecule has 1 amide bonds. The van der Waals surface area contributed by atoms with Crippen LogP contribution in [-0.4, -0.2) is 80.4 Å². The summed E-state index contributed by atoms with van der Waals surface area (Å²) in [6.07, 6.45) is 9.16. The van der Waals surface area contributed by atoms with Crippen LogP contribution in [0.5, 0.6) is 0 Å². The molecule has 0 saturated carbocycles. The molecule has 3 aromatic heterocycles. The van der Waals surface area contributed by atoms with Crippen LogP contribution in [-0.2, 0) is 11.2 Å². The predicted octanol–water partition coefficient (Wildman–Crippen LogP) is 6.29. The first-order valence-corrected chi connectivity index (χ1v) is 17.4. The van der Waals surface area contributed by atoms with Gasteiger partial charge in [-0.15, -0.1) is 5.10 Å². The normalized spacial score (nSPS) is 20.7. The molecular formula is C36H48N8O2. The summed E-state index contributed by atoms with van der Waals surface area (Å²) >= 11 is 0. The zero-order valence-electron chi connectivity index (χ0n) is 27.9. The van der Waals surface area contributed by atoms with Crippen molar-refractivity contribution in [2.45, 2.75) is 90.6 Å². The zero-order valence-corrected chi connectivity index (χ0v) is 27.9.